The van der Waals surface area contributed by atoms with Crippen LogP contribution in [0.5, 0.6) is 0 Å². The predicted octanol–water partition coefficient (Wildman–Crippen LogP) is -0.337. The first kappa shape index (κ1) is 10.1. The SMILES string of the molecule is CNC(=O)CS(=O)(=O)c1nccs1. The van der Waals surface area contributed by atoms with E-state index in [-0.39, 0.29) is 4.34 Å². The Hall–Kier alpha value is -0.950. The van der Waals surface area contributed by atoms with Crippen molar-refractivity contribution < 1.29 is 13.2 Å². The van der Waals surface area contributed by atoms with Crippen molar-refractivity contribution in [2.45, 2.75) is 4.34 Å². The van der Waals surface area contributed by atoms with Gasteiger partial charge in [0, 0.05) is 18.6 Å². The van der Waals surface area contributed by atoms with Gasteiger partial charge in [-0.15, -0.1) is 11.3 Å². The average Bonchev–Trinajstić information content (AvgIpc) is 2.55. The second kappa shape index (κ2) is 3.84. The molecule has 0 atom stereocenters. The normalized spacial score (nSPS) is 11.2. The van der Waals surface area contributed by atoms with Gasteiger partial charge in [-0.05, 0) is 0 Å². The molecule has 0 bridgehead atoms. The summed E-state index contributed by atoms with van der Waals surface area (Å²) in [6.45, 7) is 0. The number of aromatic nitrogens is 1. The Balaban J connectivity index is 2.86. The maximum absolute atomic E-state index is 11.3. The lowest BCUT2D eigenvalue weighted by Gasteiger charge is -1.98. The number of carbonyl (C=O) groups excluding carboxylic acids is 1. The quantitative estimate of drug-likeness (QED) is 0.756. The van der Waals surface area contributed by atoms with Gasteiger partial charge in [0.15, 0.2) is 0 Å². The Labute approximate surface area is 79.7 Å². The summed E-state index contributed by atoms with van der Waals surface area (Å²) in [7, 11) is -2.14. The predicted molar refractivity (Wildman–Crippen MR) is 48.2 cm³/mol. The van der Waals surface area contributed by atoms with Crippen molar-refractivity contribution >= 4 is 27.1 Å². The van der Waals surface area contributed by atoms with Crippen LogP contribution in [0.3, 0.4) is 0 Å². The molecule has 1 aromatic rings. The van der Waals surface area contributed by atoms with Crippen LogP contribution in [0.25, 0.3) is 0 Å². The molecule has 0 aliphatic heterocycles. The van der Waals surface area contributed by atoms with Crippen molar-refractivity contribution in [2.24, 2.45) is 0 Å². The van der Waals surface area contributed by atoms with E-state index in [1.165, 1.54) is 13.2 Å². The number of nitrogens with one attached hydrogen (secondary N) is 1. The lowest BCUT2D eigenvalue weighted by atomic mass is 10.7. The van der Waals surface area contributed by atoms with Gasteiger partial charge in [0.2, 0.25) is 20.1 Å². The average molecular weight is 220 g/mol. The molecule has 72 valence electrons. The lowest BCUT2D eigenvalue weighted by molar-refractivity contribution is -0.118. The summed E-state index contributed by atoms with van der Waals surface area (Å²) >= 11 is 1.00. The third-order valence-corrected chi connectivity index (χ3v) is 4.17. The number of hydrogen-bond donors (Lipinski definition) is 1. The van der Waals surface area contributed by atoms with Crippen LogP contribution in [-0.2, 0) is 14.6 Å². The summed E-state index contributed by atoms with van der Waals surface area (Å²) in [6.07, 6.45) is 1.39. The minimum Gasteiger partial charge on any atom is -0.358 e. The van der Waals surface area contributed by atoms with Crippen molar-refractivity contribution in [1.82, 2.24) is 10.3 Å². The zero-order valence-corrected chi connectivity index (χ0v) is 8.48. The summed E-state index contributed by atoms with van der Waals surface area (Å²) in [5.41, 5.74) is 0. The largest absolute Gasteiger partial charge is 0.358 e. The van der Waals surface area contributed by atoms with Crippen molar-refractivity contribution in [3.8, 4) is 0 Å². The van der Waals surface area contributed by atoms with E-state index in [9.17, 15) is 13.2 Å². The number of hydrogen-bond acceptors (Lipinski definition) is 5. The number of sulfone groups is 1. The highest BCUT2D eigenvalue weighted by Crippen LogP contribution is 2.13. The molecule has 1 aromatic heterocycles. The van der Waals surface area contributed by atoms with Gasteiger partial charge in [-0.3, -0.25) is 4.79 Å². The van der Waals surface area contributed by atoms with Gasteiger partial charge in [0.25, 0.3) is 0 Å². The molecule has 7 heteroatoms. The van der Waals surface area contributed by atoms with Gasteiger partial charge < -0.3 is 5.32 Å². The second-order valence-electron chi connectivity index (χ2n) is 2.23. The summed E-state index contributed by atoms with van der Waals surface area (Å²) in [4.78, 5) is 14.4. The van der Waals surface area contributed by atoms with Crippen molar-refractivity contribution in [3.63, 3.8) is 0 Å². The Bertz CT molecular complexity index is 382. The maximum atomic E-state index is 11.3. The highest BCUT2D eigenvalue weighted by Gasteiger charge is 2.20. The molecule has 0 spiro atoms. The smallest absolute Gasteiger partial charge is 0.235 e. The third kappa shape index (κ3) is 2.49. The molecular weight excluding hydrogens is 212 g/mol. The number of thiazole rings is 1. The molecular formula is C6H8N2O3S2. The minimum absolute atomic E-state index is 0.0175. The minimum atomic E-state index is -3.53. The standard InChI is InChI=1S/C6H8N2O3S2/c1-7-5(9)4-13(10,11)6-8-2-3-12-6/h2-3H,4H2,1H3,(H,7,9). The Morgan fingerprint density at radius 1 is 1.69 bits per heavy atom. The van der Waals surface area contributed by atoms with E-state index in [4.69, 9.17) is 0 Å². The van der Waals surface area contributed by atoms with Crippen LogP contribution < -0.4 is 5.32 Å². The number of nitrogens with zero attached hydrogens (tertiary/aromatic N) is 1. The van der Waals surface area contributed by atoms with Crippen LogP contribution in [0.1, 0.15) is 0 Å². The highest BCUT2D eigenvalue weighted by molar-refractivity contribution is 7.93. The Morgan fingerprint density at radius 3 is 2.85 bits per heavy atom. The van der Waals surface area contributed by atoms with Crippen LogP contribution in [0, 0.1) is 0 Å². The molecule has 0 aromatic carbocycles. The van der Waals surface area contributed by atoms with Gasteiger partial charge in [0.1, 0.15) is 5.75 Å². The summed E-state index contributed by atoms with van der Waals surface area (Å²) in [5.74, 6) is -1.08. The second-order valence-corrected chi connectivity index (χ2v) is 5.29. The summed E-state index contributed by atoms with van der Waals surface area (Å²) < 4.78 is 22.7. The van der Waals surface area contributed by atoms with Crippen molar-refractivity contribution in [3.05, 3.63) is 11.6 Å². The maximum Gasteiger partial charge on any atom is 0.235 e. The summed E-state index contributed by atoms with van der Waals surface area (Å²) in [6, 6.07) is 0. The van der Waals surface area contributed by atoms with E-state index in [0.29, 0.717) is 0 Å². The van der Waals surface area contributed by atoms with E-state index in [0.717, 1.165) is 11.3 Å². The Morgan fingerprint density at radius 2 is 2.38 bits per heavy atom. The van der Waals surface area contributed by atoms with Gasteiger partial charge in [-0.2, -0.15) is 0 Å². The molecule has 0 saturated heterocycles. The monoisotopic (exact) mass is 220 g/mol. The zero-order valence-electron chi connectivity index (χ0n) is 6.85. The fourth-order valence-electron chi connectivity index (χ4n) is 0.670. The van der Waals surface area contributed by atoms with Crippen LogP contribution >= 0.6 is 11.3 Å². The van der Waals surface area contributed by atoms with E-state index < -0.39 is 21.5 Å². The van der Waals surface area contributed by atoms with Crippen LogP contribution in [-0.4, -0.2) is 32.1 Å². The van der Waals surface area contributed by atoms with Crippen LogP contribution in [0.2, 0.25) is 0 Å². The molecule has 5 nitrogen and oxygen atoms in total. The first-order chi connectivity index (χ1) is 6.06. The molecule has 1 rings (SSSR count). The number of amides is 1. The molecule has 1 amide bonds. The Kier molecular flexibility index (Phi) is 2.99. The number of rotatable bonds is 3. The first-order valence-electron chi connectivity index (χ1n) is 3.39. The van der Waals surface area contributed by atoms with E-state index in [1.807, 2.05) is 0 Å². The molecule has 0 saturated carbocycles. The van der Waals surface area contributed by atoms with Crippen LogP contribution in [0.15, 0.2) is 15.9 Å². The lowest BCUT2D eigenvalue weighted by Crippen LogP contribution is -2.26. The topological polar surface area (TPSA) is 76.1 Å². The van der Waals surface area contributed by atoms with Crippen molar-refractivity contribution in [2.75, 3.05) is 12.8 Å². The number of carbonyl (C=O) groups is 1. The fourth-order valence-corrected chi connectivity index (χ4v) is 2.79. The van der Waals surface area contributed by atoms with E-state index in [1.54, 1.807) is 5.38 Å². The molecule has 0 unspecified atom stereocenters. The van der Waals surface area contributed by atoms with E-state index in [2.05, 4.69) is 10.3 Å². The fraction of sp³-hybridized carbons (Fsp3) is 0.333. The van der Waals surface area contributed by atoms with Gasteiger partial charge >= 0.3 is 0 Å². The molecule has 0 aliphatic carbocycles. The van der Waals surface area contributed by atoms with Crippen LogP contribution in [0.4, 0.5) is 0 Å². The molecule has 0 fully saturated rings. The molecule has 0 aliphatic rings. The third-order valence-electron chi connectivity index (χ3n) is 1.28. The summed E-state index contributed by atoms with van der Waals surface area (Å²) in [5, 5.41) is 3.79. The molecule has 1 heterocycles. The van der Waals surface area contributed by atoms with E-state index >= 15 is 0 Å². The molecule has 1 N–H and O–H groups in total. The van der Waals surface area contributed by atoms with Crippen molar-refractivity contribution in [1.29, 1.82) is 0 Å². The molecule has 13 heavy (non-hydrogen) atoms. The molecule has 0 radical (unpaired) electrons. The first-order valence-corrected chi connectivity index (χ1v) is 5.92. The van der Waals surface area contributed by atoms with Gasteiger partial charge in [-0.1, -0.05) is 0 Å². The van der Waals surface area contributed by atoms with Gasteiger partial charge in [-0.25, -0.2) is 13.4 Å². The zero-order chi connectivity index (χ0) is 9.90. The van der Waals surface area contributed by atoms with Gasteiger partial charge in [0.05, 0.1) is 0 Å². The highest BCUT2D eigenvalue weighted by atomic mass is 32.2.